The maximum absolute atomic E-state index is 12.4. The van der Waals surface area contributed by atoms with E-state index in [0.717, 1.165) is 49.0 Å². The molecule has 9 heteroatoms. The summed E-state index contributed by atoms with van der Waals surface area (Å²) in [7, 11) is 0. The van der Waals surface area contributed by atoms with Gasteiger partial charge in [-0.1, -0.05) is 41.4 Å². The van der Waals surface area contributed by atoms with Crippen LogP contribution in [0.2, 0.25) is 10.0 Å². The number of amides is 2. The number of thiol groups is 1. The zero-order chi connectivity index (χ0) is 23.1. The molecule has 2 unspecified atom stereocenters. The quantitative estimate of drug-likeness (QED) is 0.488. The van der Waals surface area contributed by atoms with Gasteiger partial charge in [-0.05, 0) is 41.3 Å². The number of nitrogens with zero attached hydrogens (tertiary/aromatic N) is 3. The summed E-state index contributed by atoms with van der Waals surface area (Å²) in [5, 5.41) is 3.75. The highest BCUT2D eigenvalue weighted by molar-refractivity contribution is 7.80. The van der Waals surface area contributed by atoms with Gasteiger partial charge < -0.3 is 4.90 Å². The Morgan fingerprint density at radius 1 is 1.03 bits per heavy atom. The van der Waals surface area contributed by atoms with E-state index in [1.165, 1.54) is 11.1 Å². The molecule has 2 atom stereocenters. The molecule has 5 rings (SSSR count). The highest BCUT2D eigenvalue weighted by Crippen LogP contribution is 2.39. The highest BCUT2D eigenvalue weighted by Gasteiger charge is 2.39. The molecule has 2 aromatic carbocycles. The van der Waals surface area contributed by atoms with Gasteiger partial charge in [-0.15, -0.1) is 0 Å². The normalized spacial score (nSPS) is 24.2. The standard InChI is InChI=1S/C24H26Cl2N4O2S/c25-17-2-4-19(26)21(12-17)29-9-7-28(8-10-29)13-15-1-3-18-16(11-15)14-30(24(18)33)20-5-6-22(31)27-23(20)32/h1-4,11-12,20,24,33H,5-10,13-14H2,(H,27,31,32). The summed E-state index contributed by atoms with van der Waals surface area (Å²) in [5.41, 5.74) is 4.61. The lowest BCUT2D eigenvalue weighted by Crippen LogP contribution is -2.51. The first-order valence-electron chi connectivity index (χ1n) is 11.2. The van der Waals surface area contributed by atoms with Crippen molar-refractivity contribution < 1.29 is 9.59 Å². The van der Waals surface area contributed by atoms with Gasteiger partial charge in [0.05, 0.1) is 22.1 Å². The molecule has 1 N–H and O–H groups in total. The van der Waals surface area contributed by atoms with E-state index in [0.29, 0.717) is 24.4 Å². The number of benzene rings is 2. The third-order valence-electron chi connectivity index (χ3n) is 6.79. The van der Waals surface area contributed by atoms with Gasteiger partial charge in [-0.3, -0.25) is 24.7 Å². The number of piperidine rings is 1. The van der Waals surface area contributed by atoms with Gasteiger partial charge >= 0.3 is 0 Å². The second-order valence-corrected chi connectivity index (χ2v) is 10.2. The second-order valence-electron chi connectivity index (χ2n) is 8.90. The van der Waals surface area contributed by atoms with Crippen LogP contribution in [0.5, 0.6) is 0 Å². The Bertz CT molecular complexity index is 1090. The molecule has 0 bridgehead atoms. The highest BCUT2D eigenvalue weighted by atomic mass is 35.5. The van der Waals surface area contributed by atoms with Crippen LogP contribution in [0.15, 0.2) is 36.4 Å². The van der Waals surface area contributed by atoms with Gasteiger partial charge in [-0.2, -0.15) is 12.6 Å². The summed E-state index contributed by atoms with van der Waals surface area (Å²) >= 11 is 17.3. The number of imide groups is 1. The van der Waals surface area contributed by atoms with Crippen molar-refractivity contribution in [3.8, 4) is 0 Å². The molecule has 0 spiro atoms. The molecule has 0 aromatic heterocycles. The summed E-state index contributed by atoms with van der Waals surface area (Å²) in [5.74, 6) is -0.403. The van der Waals surface area contributed by atoms with Gasteiger partial charge in [0, 0.05) is 50.7 Å². The number of carbonyl (C=O) groups is 2. The van der Waals surface area contributed by atoms with Gasteiger partial charge in [0.15, 0.2) is 0 Å². The van der Waals surface area contributed by atoms with Crippen molar-refractivity contribution in [1.82, 2.24) is 15.1 Å². The van der Waals surface area contributed by atoms with Crippen molar-refractivity contribution >= 4 is 53.3 Å². The number of halogens is 2. The Hall–Kier alpha value is -1.77. The predicted octanol–water partition coefficient (Wildman–Crippen LogP) is 3.86. The molecular weight excluding hydrogens is 479 g/mol. The lowest BCUT2D eigenvalue weighted by atomic mass is 10.0. The van der Waals surface area contributed by atoms with E-state index in [9.17, 15) is 9.59 Å². The van der Waals surface area contributed by atoms with Crippen molar-refractivity contribution in [1.29, 1.82) is 0 Å². The number of piperazine rings is 1. The van der Waals surface area contributed by atoms with Gasteiger partial charge in [-0.25, -0.2) is 0 Å². The molecule has 3 heterocycles. The van der Waals surface area contributed by atoms with Crippen LogP contribution in [0.3, 0.4) is 0 Å². The molecule has 0 saturated carbocycles. The van der Waals surface area contributed by atoms with Crippen molar-refractivity contribution in [2.24, 2.45) is 0 Å². The largest absolute Gasteiger partial charge is 0.368 e. The van der Waals surface area contributed by atoms with E-state index >= 15 is 0 Å². The second kappa shape index (κ2) is 9.47. The fraction of sp³-hybridized carbons (Fsp3) is 0.417. The van der Waals surface area contributed by atoms with Gasteiger partial charge in [0.25, 0.3) is 0 Å². The van der Waals surface area contributed by atoms with Crippen LogP contribution in [0.1, 0.15) is 34.9 Å². The molecule has 174 valence electrons. The summed E-state index contributed by atoms with van der Waals surface area (Å²) in [6.07, 6.45) is 0.921. The van der Waals surface area contributed by atoms with Crippen LogP contribution in [-0.4, -0.2) is 53.8 Å². The zero-order valence-corrected chi connectivity index (χ0v) is 20.5. The van der Waals surface area contributed by atoms with Crippen molar-refractivity contribution in [2.75, 3.05) is 31.1 Å². The van der Waals surface area contributed by atoms with Crippen LogP contribution in [0.4, 0.5) is 5.69 Å². The van der Waals surface area contributed by atoms with E-state index in [1.807, 2.05) is 18.2 Å². The lowest BCUT2D eigenvalue weighted by molar-refractivity contribution is -0.137. The maximum atomic E-state index is 12.4. The topological polar surface area (TPSA) is 55.9 Å². The third-order valence-corrected chi connectivity index (χ3v) is 7.92. The molecule has 2 amide bonds. The van der Waals surface area contributed by atoms with Crippen molar-refractivity contribution in [3.05, 3.63) is 63.1 Å². The molecule has 3 aliphatic heterocycles. The smallest absolute Gasteiger partial charge is 0.243 e. The van der Waals surface area contributed by atoms with Gasteiger partial charge in [0.2, 0.25) is 11.8 Å². The van der Waals surface area contributed by atoms with E-state index in [2.05, 4.69) is 38.2 Å². The number of rotatable bonds is 4. The van der Waals surface area contributed by atoms with E-state index < -0.39 is 0 Å². The van der Waals surface area contributed by atoms with E-state index in [4.69, 9.17) is 35.8 Å². The molecule has 2 fully saturated rings. The van der Waals surface area contributed by atoms with Crippen molar-refractivity contribution in [2.45, 2.75) is 37.3 Å². The minimum absolute atomic E-state index is 0.135. The van der Waals surface area contributed by atoms with Crippen LogP contribution in [0.25, 0.3) is 0 Å². The first-order chi connectivity index (χ1) is 15.9. The number of hydrogen-bond donors (Lipinski definition) is 2. The molecule has 33 heavy (non-hydrogen) atoms. The molecule has 0 radical (unpaired) electrons. The Balaban J connectivity index is 1.21. The first kappa shape index (κ1) is 23.0. The minimum atomic E-state index is -0.313. The van der Waals surface area contributed by atoms with Crippen molar-refractivity contribution in [3.63, 3.8) is 0 Å². The average Bonchev–Trinajstić information content (AvgIpc) is 3.11. The van der Waals surface area contributed by atoms with Crippen LogP contribution in [-0.2, 0) is 22.7 Å². The number of hydrogen-bond acceptors (Lipinski definition) is 6. The van der Waals surface area contributed by atoms with Crippen LogP contribution < -0.4 is 10.2 Å². The minimum Gasteiger partial charge on any atom is -0.368 e. The summed E-state index contributed by atoms with van der Waals surface area (Å²) in [4.78, 5) is 30.7. The number of carbonyl (C=O) groups excluding carboxylic acids is 2. The van der Waals surface area contributed by atoms with E-state index in [-0.39, 0.29) is 23.2 Å². The Morgan fingerprint density at radius 2 is 1.82 bits per heavy atom. The number of anilines is 1. The maximum Gasteiger partial charge on any atom is 0.243 e. The Kier molecular flexibility index (Phi) is 6.60. The molecule has 2 saturated heterocycles. The molecular formula is C24H26Cl2N4O2S. The summed E-state index contributed by atoms with van der Waals surface area (Å²) in [6, 6.07) is 11.8. The average molecular weight is 505 g/mol. The van der Waals surface area contributed by atoms with Gasteiger partial charge in [0.1, 0.15) is 0 Å². The number of fused-ring (bicyclic) bond motifs is 1. The zero-order valence-electron chi connectivity index (χ0n) is 18.1. The monoisotopic (exact) mass is 504 g/mol. The molecule has 2 aromatic rings. The molecule has 3 aliphatic rings. The summed E-state index contributed by atoms with van der Waals surface area (Å²) in [6.45, 7) is 5.22. The fourth-order valence-electron chi connectivity index (χ4n) is 5.02. The molecule has 6 nitrogen and oxygen atoms in total. The Labute approximate surface area is 209 Å². The molecule has 0 aliphatic carbocycles. The lowest BCUT2D eigenvalue weighted by Gasteiger charge is -2.36. The number of nitrogens with one attached hydrogen (secondary N) is 1. The van der Waals surface area contributed by atoms with E-state index in [1.54, 1.807) is 0 Å². The predicted molar refractivity (Wildman–Crippen MR) is 134 cm³/mol. The fourth-order valence-corrected chi connectivity index (χ4v) is 5.92. The van der Waals surface area contributed by atoms with Crippen LogP contribution >= 0.6 is 35.8 Å². The first-order valence-corrected chi connectivity index (χ1v) is 12.5. The Morgan fingerprint density at radius 3 is 2.58 bits per heavy atom. The summed E-state index contributed by atoms with van der Waals surface area (Å²) < 4.78 is 0. The van der Waals surface area contributed by atoms with Crippen LogP contribution in [0, 0.1) is 0 Å². The SMILES string of the molecule is O=C1CCC(N2Cc3cc(CN4CCN(c5cc(Cl)ccc5Cl)CC4)ccc3C2S)C(=O)N1. The third kappa shape index (κ3) is 4.75.